The van der Waals surface area contributed by atoms with E-state index in [0.717, 1.165) is 16.8 Å². The van der Waals surface area contributed by atoms with Crippen LogP contribution in [0, 0.1) is 18.6 Å². The zero-order valence-corrected chi connectivity index (χ0v) is 24.2. The minimum atomic E-state index is -0.815. The summed E-state index contributed by atoms with van der Waals surface area (Å²) in [6.07, 6.45) is -0.00712. The number of carbonyl (C=O) groups excluding carboxylic acids is 2. The Labute approximate surface area is 243 Å². The molecule has 0 bridgehead atoms. The van der Waals surface area contributed by atoms with Crippen molar-refractivity contribution in [2.45, 2.75) is 39.3 Å². The second-order valence-electron chi connectivity index (χ2n) is 10.9. The van der Waals surface area contributed by atoms with Gasteiger partial charge in [-0.15, -0.1) is 0 Å². The number of carbonyl (C=O) groups is 2. The summed E-state index contributed by atoms with van der Waals surface area (Å²) < 4.78 is 40.1. The van der Waals surface area contributed by atoms with Crippen molar-refractivity contribution in [2.75, 3.05) is 24.4 Å². The van der Waals surface area contributed by atoms with E-state index < -0.39 is 17.2 Å². The number of halogens is 2. The molecule has 0 aromatic heterocycles. The van der Waals surface area contributed by atoms with Crippen LogP contribution in [0.25, 0.3) is 11.1 Å². The minimum absolute atomic E-state index is 0.00712. The first-order chi connectivity index (χ1) is 20.0. The Balaban J connectivity index is 1.58. The predicted octanol–water partition coefficient (Wildman–Crippen LogP) is 7.12. The van der Waals surface area contributed by atoms with Gasteiger partial charge in [0.15, 0.2) is 5.78 Å². The van der Waals surface area contributed by atoms with E-state index in [1.807, 2.05) is 39.0 Å². The normalized spacial score (nSPS) is 13.8. The highest BCUT2D eigenvalue weighted by Gasteiger charge is 2.38. The lowest BCUT2D eigenvalue weighted by molar-refractivity contribution is -0.121. The van der Waals surface area contributed by atoms with E-state index in [0.29, 0.717) is 33.9 Å². The fourth-order valence-corrected chi connectivity index (χ4v) is 5.35. The zero-order valence-electron chi connectivity index (χ0n) is 24.2. The van der Waals surface area contributed by atoms with E-state index in [2.05, 4.69) is 5.32 Å². The van der Waals surface area contributed by atoms with Crippen molar-refractivity contribution < 1.29 is 27.8 Å². The van der Waals surface area contributed by atoms with Crippen LogP contribution in [-0.4, -0.2) is 31.4 Å². The molecule has 0 spiro atoms. The Kier molecular flexibility index (Phi) is 7.73. The van der Waals surface area contributed by atoms with Crippen LogP contribution in [0.15, 0.2) is 72.8 Å². The van der Waals surface area contributed by atoms with Gasteiger partial charge in [0.05, 0.1) is 24.0 Å². The highest BCUT2D eigenvalue weighted by atomic mass is 19.1. The van der Waals surface area contributed by atoms with Crippen LogP contribution in [-0.2, 0) is 17.8 Å². The van der Waals surface area contributed by atoms with Crippen molar-refractivity contribution in [1.82, 2.24) is 0 Å². The van der Waals surface area contributed by atoms with Crippen molar-refractivity contribution in [3.8, 4) is 22.6 Å². The molecule has 1 aliphatic rings. The molecule has 0 saturated heterocycles. The van der Waals surface area contributed by atoms with Gasteiger partial charge in [0, 0.05) is 30.7 Å². The number of nitrogens with one attached hydrogen (secondary N) is 1. The van der Waals surface area contributed by atoms with E-state index in [1.165, 1.54) is 31.4 Å². The number of aryl methyl sites for hydroxylation is 1. The standard InChI is InChI=1S/C34H32F2N2O4/c1-20-10-12-22(35)18-30(20)42-19-26-23(14-15-28-32(26)38(4)33(40)34(2,3)37-28)24-13-11-21(17-31(24)41-5)16-29(39)25-8-6-7-9-27(25)36/h6-15,17-18,37H,16,19H2,1-5H3. The number of ether oxygens (including phenoxy) is 2. The number of amides is 1. The van der Waals surface area contributed by atoms with Gasteiger partial charge < -0.3 is 19.7 Å². The molecule has 0 fully saturated rings. The first-order valence-corrected chi connectivity index (χ1v) is 13.6. The molecule has 0 radical (unpaired) electrons. The lowest BCUT2D eigenvalue weighted by atomic mass is 9.91. The van der Waals surface area contributed by atoms with Gasteiger partial charge in [-0.3, -0.25) is 9.59 Å². The summed E-state index contributed by atoms with van der Waals surface area (Å²) in [6.45, 7) is 5.51. The van der Waals surface area contributed by atoms with Gasteiger partial charge in [0.1, 0.15) is 35.3 Å². The fourth-order valence-electron chi connectivity index (χ4n) is 5.35. The third-order valence-corrected chi connectivity index (χ3v) is 7.52. The van der Waals surface area contributed by atoms with Crippen molar-refractivity contribution in [3.63, 3.8) is 0 Å². The molecule has 216 valence electrons. The molecule has 1 aliphatic heterocycles. The zero-order chi connectivity index (χ0) is 30.2. The van der Waals surface area contributed by atoms with Crippen molar-refractivity contribution >= 4 is 23.1 Å². The third kappa shape index (κ3) is 5.44. The predicted molar refractivity (Wildman–Crippen MR) is 159 cm³/mol. The van der Waals surface area contributed by atoms with Crippen LogP contribution in [0.4, 0.5) is 20.2 Å². The number of Topliss-reactive ketones (excluding diaryl/α,β-unsaturated/α-hetero) is 1. The monoisotopic (exact) mass is 570 g/mol. The Bertz CT molecular complexity index is 1700. The molecule has 1 N–H and O–H groups in total. The molecule has 0 atom stereocenters. The summed E-state index contributed by atoms with van der Waals surface area (Å²) in [6, 6.07) is 19.5. The second kappa shape index (κ2) is 11.3. The van der Waals surface area contributed by atoms with Crippen LogP contribution in [0.3, 0.4) is 0 Å². The molecule has 4 aromatic rings. The average Bonchev–Trinajstić information content (AvgIpc) is 2.96. The second-order valence-corrected chi connectivity index (χ2v) is 10.9. The molecule has 42 heavy (non-hydrogen) atoms. The summed E-state index contributed by atoms with van der Waals surface area (Å²) in [7, 11) is 3.25. The lowest BCUT2D eigenvalue weighted by Gasteiger charge is -2.39. The van der Waals surface area contributed by atoms with Crippen LogP contribution in [0.2, 0.25) is 0 Å². The van der Waals surface area contributed by atoms with Gasteiger partial charge in [-0.2, -0.15) is 0 Å². The number of likely N-dealkylation sites (N-methyl/N-ethyl adjacent to an activating group) is 1. The highest BCUT2D eigenvalue weighted by Crippen LogP contribution is 2.44. The van der Waals surface area contributed by atoms with E-state index in [1.54, 1.807) is 42.3 Å². The van der Waals surface area contributed by atoms with E-state index in [-0.39, 0.29) is 30.3 Å². The van der Waals surface area contributed by atoms with E-state index in [9.17, 15) is 18.4 Å². The first-order valence-electron chi connectivity index (χ1n) is 13.6. The molecule has 0 saturated carbocycles. The fraction of sp³-hybridized carbons (Fsp3) is 0.235. The van der Waals surface area contributed by atoms with Crippen molar-refractivity contribution in [1.29, 1.82) is 0 Å². The smallest absolute Gasteiger partial charge is 0.251 e. The molecule has 5 rings (SSSR count). The SMILES string of the molecule is COc1cc(CC(=O)c2ccccc2F)ccc1-c1ccc2c(c1COc1cc(F)ccc1C)N(C)C(=O)C(C)(C)N2. The quantitative estimate of drug-likeness (QED) is 0.229. The molecule has 0 unspecified atom stereocenters. The summed E-state index contributed by atoms with van der Waals surface area (Å²) in [5, 5.41) is 3.33. The van der Waals surface area contributed by atoms with Crippen LogP contribution in [0.1, 0.15) is 40.9 Å². The first kappa shape index (κ1) is 28.8. The number of methoxy groups -OCH3 is 1. The van der Waals surface area contributed by atoms with Crippen molar-refractivity contribution in [2.24, 2.45) is 0 Å². The number of nitrogens with zero attached hydrogens (tertiary/aromatic N) is 1. The number of rotatable bonds is 8. The number of fused-ring (bicyclic) bond motifs is 1. The van der Waals surface area contributed by atoms with Gasteiger partial charge in [-0.05, 0) is 67.8 Å². The molecular weight excluding hydrogens is 538 g/mol. The lowest BCUT2D eigenvalue weighted by Crippen LogP contribution is -2.52. The van der Waals surface area contributed by atoms with Gasteiger partial charge in [0.2, 0.25) is 0 Å². The molecular formula is C34H32F2N2O4. The van der Waals surface area contributed by atoms with Crippen LogP contribution in [0.5, 0.6) is 11.5 Å². The topological polar surface area (TPSA) is 67.9 Å². The van der Waals surface area contributed by atoms with Gasteiger partial charge in [0.25, 0.3) is 5.91 Å². The Morgan fingerprint density at radius 1 is 0.952 bits per heavy atom. The molecule has 0 aliphatic carbocycles. The highest BCUT2D eigenvalue weighted by molar-refractivity contribution is 6.09. The number of hydrogen-bond acceptors (Lipinski definition) is 5. The maximum atomic E-state index is 14.2. The maximum absolute atomic E-state index is 14.2. The third-order valence-electron chi connectivity index (χ3n) is 7.52. The molecule has 1 amide bonds. The maximum Gasteiger partial charge on any atom is 0.251 e. The van der Waals surface area contributed by atoms with Crippen molar-refractivity contribution in [3.05, 3.63) is 107 Å². The van der Waals surface area contributed by atoms with Crippen LogP contribution < -0.4 is 19.7 Å². The average molecular weight is 571 g/mol. The van der Waals surface area contributed by atoms with Crippen LogP contribution >= 0.6 is 0 Å². The van der Waals surface area contributed by atoms with Gasteiger partial charge in [-0.1, -0.05) is 36.4 Å². The van der Waals surface area contributed by atoms with E-state index >= 15 is 0 Å². The number of anilines is 2. The molecule has 6 nitrogen and oxygen atoms in total. The molecule has 4 aromatic carbocycles. The summed E-state index contributed by atoms with van der Waals surface area (Å²) >= 11 is 0. The molecule has 1 heterocycles. The largest absolute Gasteiger partial charge is 0.496 e. The number of benzene rings is 4. The van der Waals surface area contributed by atoms with Gasteiger partial charge >= 0.3 is 0 Å². The summed E-state index contributed by atoms with van der Waals surface area (Å²) in [5.74, 6) is -0.549. The minimum Gasteiger partial charge on any atom is -0.496 e. The van der Waals surface area contributed by atoms with Gasteiger partial charge in [-0.25, -0.2) is 8.78 Å². The summed E-state index contributed by atoms with van der Waals surface area (Å²) in [4.78, 5) is 27.7. The number of ketones is 1. The Hall–Kier alpha value is -4.72. The molecule has 8 heteroatoms. The Morgan fingerprint density at radius 3 is 2.43 bits per heavy atom. The number of hydrogen-bond donors (Lipinski definition) is 1. The summed E-state index contributed by atoms with van der Waals surface area (Å²) in [5.41, 5.74) is 4.20. The van der Waals surface area contributed by atoms with E-state index in [4.69, 9.17) is 9.47 Å². The Morgan fingerprint density at radius 2 is 1.69 bits per heavy atom.